The number of rotatable bonds is 17. The lowest BCUT2D eigenvalue weighted by Gasteiger charge is -2.25. The first-order valence-corrected chi connectivity index (χ1v) is 15.1. The number of hydrogen-bond acceptors (Lipinski definition) is 3. The quantitative estimate of drug-likeness (QED) is 0.0915. The molecule has 39 heavy (non-hydrogen) atoms. The van der Waals surface area contributed by atoms with E-state index < -0.39 is 23.5 Å². The first-order chi connectivity index (χ1) is 18.9. The molecular formula is C33H43ClFNO3. The average Bonchev–Trinajstić information content (AvgIpc) is 3.18. The van der Waals surface area contributed by atoms with Crippen molar-refractivity contribution in [3.63, 3.8) is 0 Å². The highest BCUT2D eigenvalue weighted by Crippen LogP contribution is 2.39. The number of amides is 1. The highest BCUT2D eigenvalue weighted by molar-refractivity contribution is 6.46. The Bertz CT molecular complexity index is 1080. The zero-order chi connectivity index (χ0) is 28.0. The molecule has 0 aromatic heterocycles. The zero-order valence-corrected chi connectivity index (χ0v) is 24.0. The lowest BCUT2D eigenvalue weighted by molar-refractivity contribution is -0.139. The first kappa shape index (κ1) is 30.9. The van der Waals surface area contributed by atoms with Crippen LogP contribution in [0.3, 0.4) is 0 Å². The Kier molecular flexibility index (Phi) is 13.0. The van der Waals surface area contributed by atoms with Crippen LogP contribution in [0.2, 0.25) is 5.02 Å². The third-order valence-electron chi connectivity index (χ3n) is 7.60. The summed E-state index contributed by atoms with van der Waals surface area (Å²) in [5.74, 6) is -2.00. The molecule has 0 saturated carbocycles. The second kappa shape index (κ2) is 16.4. The van der Waals surface area contributed by atoms with Crippen molar-refractivity contribution in [2.75, 3.05) is 6.54 Å². The minimum Gasteiger partial charge on any atom is -0.507 e. The molecule has 1 heterocycles. The number of nitrogens with zero attached hydrogens (tertiary/aromatic N) is 1. The Morgan fingerprint density at radius 3 is 1.77 bits per heavy atom. The van der Waals surface area contributed by atoms with Crippen molar-refractivity contribution in [3.8, 4) is 0 Å². The first-order valence-electron chi connectivity index (χ1n) is 14.7. The number of likely N-dealkylation sites (tertiary alicyclic amines) is 1. The average molecular weight is 556 g/mol. The van der Waals surface area contributed by atoms with Crippen LogP contribution in [-0.4, -0.2) is 28.2 Å². The lowest BCUT2D eigenvalue weighted by Crippen LogP contribution is -2.30. The van der Waals surface area contributed by atoms with Crippen molar-refractivity contribution in [1.82, 2.24) is 4.90 Å². The molecule has 2 aromatic rings. The van der Waals surface area contributed by atoms with Crippen LogP contribution >= 0.6 is 11.6 Å². The summed E-state index contributed by atoms with van der Waals surface area (Å²) >= 11 is 5.98. The van der Waals surface area contributed by atoms with Crippen molar-refractivity contribution in [3.05, 3.63) is 76.1 Å². The molecule has 0 aliphatic carbocycles. The highest BCUT2D eigenvalue weighted by Gasteiger charge is 2.45. The van der Waals surface area contributed by atoms with Gasteiger partial charge in [-0.2, -0.15) is 0 Å². The molecule has 1 unspecified atom stereocenters. The Balaban J connectivity index is 1.52. The van der Waals surface area contributed by atoms with Gasteiger partial charge in [-0.3, -0.25) is 9.59 Å². The third kappa shape index (κ3) is 9.20. The number of Topliss-reactive ketones (excluding diaryl/α,β-unsaturated/α-hetero) is 1. The van der Waals surface area contributed by atoms with Gasteiger partial charge in [-0.15, -0.1) is 0 Å². The summed E-state index contributed by atoms with van der Waals surface area (Å²) in [6.45, 7) is 2.66. The number of aliphatic hydroxyl groups excluding tert-OH is 1. The van der Waals surface area contributed by atoms with Crippen LogP contribution in [0, 0.1) is 5.82 Å². The molecule has 1 fully saturated rings. The molecule has 0 bridgehead atoms. The third-order valence-corrected chi connectivity index (χ3v) is 7.85. The maximum Gasteiger partial charge on any atom is 0.295 e. The van der Waals surface area contributed by atoms with E-state index in [1.54, 1.807) is 36.4 Å². The summed E-state index contributed by atoms with van der Waals surface area (Å²) in [6.07, 6.45) is 17.3. The van der Waals surface area contributed by atoms with Gasteiger partial charge in [0.15, 0.2) is 0 Å². The standard InChI is InChI=1S/C33H43ClFNO3/c1-2-3-4-5-6-7-8-9-10-11-12-13-14-15-24-36-30(25-18-22-28(35)23-19-25)29(32(38)33(36)39)31(37)26-16-20-27(34)21-17-26/h16-23,30,37H,2-15,24H2,1H3. The van der Waals surface area contributed by atoms with E-state index in [0.29, 0.717) is 22.7 Å². The van der Waals surface area contributed by atoms with Crippen LogP contribution in [0.4, 0.5) is 4.39 Å². The number of benzene rings is 2. The van der Waals surface area contributed by atoms with Crippen LogP contribution in [0.25, 0.3) is 5.76 Å². The van der Waals surface area contributed by atoms with E-state index in [4.69, 9.17) is 11.6 Å². The van der Waals surface area contributed by atoms with E-state index >= 15 is 0 Å². The molecule has 1 aliphatic rings. The van der Waals surface area contributed by atoms with Gasteiger partial charge in [-0.05, 0) is 48.4 Å². The molecule has 1 N–H and O–H groups in total. The number of carbonyl (C=O) groups excluding carboxylic acids is 2. The molecule has 6 heteroatoms. The Labute approximate surface area is 238 Å². The van der Waals surface area contributed by atoms with Crippen molar-refractivity contribution in [1.29, 1.82) is 0 Å². The highest BCUT2D eigenvalue weighted by atomic mass is 35.5. The zero-order valence-electron chi connectivity index (χ0n) is 23.3. The number of halogens is 2. The van der Waals surface area contributed by atoms with Crippen molar-refractivity contribution in [2.45, 2.75) is 103 Å². The summed E-state index contributed by atoms with van der Waals surface area (Å²) in [7, 11) is 0. The molecule has 4 nitrogen and oxygen atoms in total. The minimum atomic E-state index is -0.761. The largest absolute Gasteiger partial charge is 0.507 e. The molecule has 1 amide bonds. The van der Waals surface area contributed by atoms with Crippen molar-refractivity contribution >= 4 is 29.1 Å². The van der Waals surface area contributed by atoms with Gasteiger partial charge in [0.05, 0.1) is 11.6 Å². The fourth-order valence-corrected chi connectivity index (χ4v) is 5.47. The van der Waals surface area contributed by atoms with Crippen LogP contribution in [0.5, 0.6) is 0 Å². The van der Waals surface area contributed by atoms with Gasteiger partial charge in [0.2, 0.25) is 0 Å². The van der Waals surface area contributed by atoms with E-state index in [1.165, 1.54) is 87.7 Å². The topological polar surface area (TPSA) is 57.6 Å². The summed E-state index contributed by atoms with van der Waals surface area (Å²) in [5.41, 5.74) is 1.02. The number of aliphatic hydroxyl groups is 1. The molecule has 212 valence electrons. The predicted octanol–water partition coefficient (Wildman–Crippen LogP) is 9.38. The van der Waals surface area contributed by atoms with Crippen LogP contribution in [-0.2, 0) is 9.59 Å². The van der Waals surface area contributed by atoms with Crippen molar-refractivity contribution in [2.24, 2.45) is 0 Å². The van der Waals surface area contributed by atoms with E-state index in [9.17, 15) is 19.1 Å². The Morgan fingerprint density at radius 2 is 1.26 bits per heavy atom. The van der Waals surface area contributed by atoms with E-state index in [-0.39, 0.29) is 11.3 Å². The summed E-state index contributed by atoms with van der Waals surface area (Å²) in [5, 5.41) is 11.6. The van der Waals surface area contributed by atoms with E-state index in [2.05, 4.69) is 6.92 Å². The second-order valence-electron chi connectivity index (χ2n) is 10.6. The summed E-state index contributed by atoms with van der Waals surface area (Å²) in [6, 6.07) is 11.5. The number of unbranched alkanes of at least 4 members (excludes halogenated alkanes) is 13. The monoisotopic (exact) mass is 555 g/mol. The number of hydrogen-bond donors (Lipinski definition) is 1. The SMILES string of the molecule is CCCCCCCCCCCCCCCCN1C(=O)C(=O)C(=C(O)c2ccc(Cl)cc2)C1c1ccc(F)cc1. The normalized spacial score (nSPS) is 16.8. The predicted molar refractivity (Wildman–Crippen MR) is 157 cm³/mol. The molecule has 0 spiro atoms. The van der Waals surface area contributed by atoms with Gasteiger partial charge < -0.3 is 10.0 Å². The summed E-state index contributed by atoms with van der Waals surface area (Å²) in [4.78, 5) is 27.7. The van der Waals surface area contributed by atoms with Gasteiger partial charge in [-0.1, -0.05) is 114 Å². The van der Waals surface area contributed by atoms with Gasteiger partial charge in [0.25, 0.3) is 11.7 Å². The van der Waals surface area contributed by atoms with Crippen LogP contribution in [0.1, 0.15) is 114 Å². The maximum absolute atomic E-state index is 13.7. The molecule has 2 aromatic carbocycles. The molecule has 3 rings (SSSR count). The second-order valence-corrected chi connectivity index (χ2v) is 11.1. The molecule has 1 atom stereocenters. The van der Waals surface area contributed by atoms with Crippen LogP contribution < -0.4 is 0 Å². The van der Waals surface area contributed by atoms with Gasteiger partial charge in [-0.25, -0.2) is 4.39 Å². The number of ketones is 1. The van der Waals surface area contributed by atoms with Crippen LogP contribution in [0.15, 0.2) is 54.1 Å². The fourth-order valence-electron chi connectivity index (χ4n) is 5.34. The van der Waals surface area contributed by atoms with Gasteiger partial charge in [0.1, 0.15) is 11.6 Å². The van der Waals surface area contributed by atoms with Gasteiger partial charge >= 0.3 is 0 Å². The van der Waals surface area contributed by atoms with Crippen molar-refractivity contribution < 1.29 is 19.1 Å². The lowest BCUT2D eigenvalue weighted by atomic mass is 9.95. The smallest absolute Gasteiger partial charge is 0.295 e. The summed E-state index contributed by atoms with van der Waals surface area (Å²) < 4.78 is 13.7. The molecule has 1 saturated heterocycles. The maximum atomic E-state index is 13.7. The fraction of sp³-hybridized carbons (Fsp3) is 0.515. The Hall–Kier alpha value is -2.66. The van der Waals surface area contributed by atoms with E-state index in [0.717, 1.165) is 19.3 Å². The molecule has 0 radical (unpaired) electrons. The molecular weight excluding hydrogens is 513 g/mol. The Morgan fingerprint density at radius 1 is 0.769 bits per heavy atom. The molecule has 1 aliphatic heterocycles. The van der Waals surface area contributed by atoms with E-state index in [1.807, 2.05) is 0 Å². The number of carbonyl (C=O) groups is 2. The van der Waals surface area contributed by atoms with Gasteiger partial charge in [0, 0.05) is 17.1 Å². The minimum absolute atomic E-state index is 0.0271.